The Labute approximate surface area is 137 Å². The van der Waals surface area contributed by atoms with Gasteiger partial charge in [-0.2, -0.15) is 0 Å². The molecule has 0 saturated heterocycles. The molecule has 2 N–H and O–H groups in total. The number of likely N-dealkylation sites (N-methyl/N-ethyl adjacent to an activating group) is 2. The first-order chi connectivity index (χ1) is 10.4. The van der Waals surface area contributed by atoms with E-state index < -0.39 is 0 Å². The lowest BCUT2D eigenvalue weighted by molar-refractivity contribution is 0.102. The van der Waals surface area contributed by atoms with E-state index in [1.807, 2.05) is 13.8 Å². The minimum atomic E-state index is -0.183. The van der Waals surface area contributed by atoms with Gasteiger partial charge in [-0.25, -0.2) is 0 Å². The molecule has 2 saturated carbocycles. The lowest BCUT2D eigenvalue weighted by atomic mass is 9.94. The second-order valence-corrected chi connectivity index (χ2v) is 7.31. The van der Waals surface area contributed by atoms with E-state index in [9.17, 15) is 10.2 Å². The van der Waals surface area contributed by atoms with Gasteiger partial charge in [0.1, 0.15) is 0 Å². The van der Waals surface area contributed by atoms with Gasteiger partial charge in [0.05, 0.1) is 12.2 Å². The molecule has 2 rings (SSSR count). The van der Waals surface area contributed by atoms with Gasteiger partial charge in [0.25, 0.3) is 0 Å². The lowest BCUT2D eigenvalue weighted by Crippen LogP contribution is -2.37. The maximum absolute atomic E-state index is 9.26. The van der Waals surface area contributed by atoms with Gasteiger partial charge in [-0.3, -0.25) is 0 Å². The van der Waals surface area contributed by atoms with Crippen LogP contribution in [0.15, 0.2) is 0 Å². The molecular weight excluding hydrogens is 276 g/mol. The van der Waals surface area contributed by atoms with Crippen LogP contribution < -0.4 is 0 Å². The van der Waals surface area contributed by atoms with E-state index in [4.69, 9.17) is 0 Å². The molecular formula is C18H38N2O2. The first-order valence-corrected chi connectivity index (χ1v) is 9.20. The largest absolute Gasteiger partial charge is 0.392 e. The van der Waals surface area contributed by atoms with Gasteiger partial charge in [-0.1, -0.05) is 26.2 Å². The van der Waals surface area contributed by atoms with Crippen molar-refractivity contribution in [1.82, 2.24) is 9.80 Å². The molecule has 2 atom stereocenters. The topological polar surface area (TPSA) is 46.9 Å². The summed E-state index contributed by atoms with van der Waals surface area (Å²) in [6.45, 7) is 5.55. The predicted octanol–water partition coefficient (Wildman–Crippen LogP) is 2.48. The van der Waals surface area contributed by atoms with Crippen LogP contribution in [0.3, 0.4) is 0 Å². The molecule has 0 radical (unpaired) electrons. The second-order valence-electron chi connectivity index (χ2n) is 7.31. The van der Waals surface area contributed by atoms with Crippen LogP contribution in [0.25, 0.3) is 0 Å². The predicted molar refractivity (Wildman–Crippen MR) is 93.1 cm³/mol. The van der Waals surface area contributed by atoms with Crippen molar-refractivity contribution in [2.75, 3.05) is 27.2 Å². The third-order valence-electron chi connectivity index (χ3n) is 4.89. The van der Waals surface area contributed by atoms with Crippen molar-refractivity contribution >= 4 is 0 Å². The highest BCUT2D eigenvalue weighted by molar-refractivity contribution is 4.83. The fourth-order valence-electron chi connectivity index (χ4n) is 3.21. The smallest absolute Gasteiger partial charge is 0.0664 e. The summed E-state index contributed by atoms with van der Waals surface area (Å²) in [6, 6.07) is 1.51. The molecule has 0 aromatic heterocycles. The molecule has 0 heterocycles. The maximum Gasteiger partial charge on any atom is 0.0664 e. The number of aliphatic hydroxyl groups is 2. The highest BCUT2D eigenvalue weighted by atomic mass is 16.3. The van der Waals surface area contributed by atoms with Crippen LogP contribution in [0, 0.1) is 0 Å². The van der Waals surface area contributed by atoms with Gasteiger partial charge in [-0.15, -0.1) is 0 Å². The van der Waals surface area contributed by atoms with E-state index in [1.165, 1.54) is 44.9 Å². The monoisotopic (exact) mass is 314 g/mol. The van der Waals surface area contributed by atoms with Gasteiger partial charge in [0.2, 0.25) is 0 Å². The Morgan fingerprint density at radius 1 is 0.864 bits per heavy atom. The van der Waals surface area contributed by atoms with Crippen LogP contribution in [0.5, 0.6) is 0 Å². The molecule has 0 spiro atoms. The summed E-state index contributed by atoms with van der Waals surface area (Å²) in [5, 5.41) is 18.5. The Morgan fingerprint density at radius 2 is 1.36 bits per heavy atom. The van der Waals surface area contributed by atoms with Gasteiger partial charge < -0.3 is 20.0 Å². The molecule has 0 bridgehead atoms. The van der Waals surface area contributed by atoms with Crippen molar-refractivity contribution in [3.63, 3.8) is 0 Å². The summed E-state index contributed by atoms with van der Waals surface area (Å²) in [5.74, 6) is 0. The Hall–Kier alpha value is -0.160. The van der Waals surface area contributed by atoms with Crippen LogP contribution in [0.2, 0.25) is 0 Å². The molecule has 132 valence electrons. The molecule has 0 aliphatic heterocycles. The maximum atomic E-state index is 9.26. The zero-order chi connectivity index (χ0) is 16.5. The van der Waals surface area contributed by atoms with E-state index >= 15 is 0 Å². The molecule has 2 fully saturated rings. The molecule has 0 aromatic carbocycles. The van der Waals surface area contributed by atoms with Gasteiger partial charge in [0, 0.05) is 25.2 Å². The molecule has 0 aromatic rings. The van der Waals surface area contributed by atoms with Crippen molar-refractivity contribution < 1.29 is 10.2 Å². The molecule has 4 nitrogen and oxygen atoms in total. The van der Waals surface area contributed by atoms with Crippen LogP contribution >= 0.6 is 0 Å². The first-order valence-electron chi connectivity index (χ1n) is 9.20. The number of rotatable bonds is 7. The van der Waals surface area contributed by atoms with Crippen LogP contribution in [0.1, 0.15) is 65.2 Å². The molecule has 2 aliphatic carbocycles. The SMILES string of the molecule is CC(O)CN(C)C1CCCCC1.CCC(O)CN(C)C1CC1. The molecule has 4 heteroatoms. The molecule has 2 unspecified atom stereocenters. The number of aliphatic hydroxyl groups excluding tert-OH is 2. The summed E-state index contributed by atoms with van der Waals surface area (Å²) >= 11 is 0. The Kier molecular flexibility index (Phi) is 9.57. The summed E-state index contributed by atoms with van der Waals surface area (Å²) in [4.78, 5) is 4.57. The minimum absolute atomic E-state index is 0.120. The third kappa shape index (κ3) is 8.47. The summed E-state index contributed by atoms with van der Waals surface area (Å²) in [6.07, 6.45) is 10.0. The van der Waals surface area contributed by atoms with Crippen LogP contribution in [-0.2, 0) is 0 Å². The van der Waals surface area contributed by atoms with Gasteiger partial charge in [0.15, 0.2) is 0 Å². The van der Waals surface area contributed by atoms with E-state index in [0.29, 0.717) is 0 Å². The molecule has 22 heavy (non-hydrogen) atoms. The third-order valence-corrected chi connectivity index (χ3v) is 4.89. The van der Waals surface area contributed by atoms with Crippen molar-refractivity contribution in [3.8, 4) is 0 Å². The number of hydrogen-bond acceptors (Lipinski definition) is 4. The second kappa shape index (κ2) is 10.6. The highest BCUT2D eigenvalue weighted by Gasteiger charge is 2.26. The van der Waals surface area contributed by atoms with Gasteiger partial charge >= 0.3 is 0 Å². The van der Waals surface area contributed by atoms with Gasteiger partial charge in [-0.05, 0) is 53.1 Å². The quantitative estimate of drug-likeness (QED) is 0.758. The minimum Gasteiger partial charge on any atom is -0.392 e. The number of nitrogens with zero attached hydrogens (tertiary/aromatic N) is 2. The zero-order valence-corrected chi connectivity index (χ0v) is 15.2. The summed E-state index contributed by atoms with van der Waals surface area (Å²) in [5.41, 5.74) is 0. The summed E-state index contributed by atoms with van der Waals surface area (Å²) < 4.78 is 0. The zero-order valence-electron chi connectivity index (χ0n) is 15.2. The van der Waals surface area contributed by atoms with Crippen molar-refractivity contribution in [1.29, 1.82) is 0 Å². The Balaban J connectivity index is 0.000000224. The fourth-order valence-corrected chi connectivity index (χ4v) is 3.21. The average Bonchev–Trinajstić information content (AvgIpc) is 3.32. The van der Waals surface area contributed by atoms with Crippen LogP contribution in [-0.4, -0.2) is 71.5 Å². The standard InChI is InChI=1S/C10H21NO.C8H17NO/c1-9(12)8-11(2)10-6-4-3-5-7-10;1-3-8(10)6-9(2)7-4-5-7/h9-10,12H,3-8H2,1-2H3;7-8,10H,3-6H2,1-2H3. The van der Waals surface area contributed by atoms with Crippen molar-refractivity contribution in [3.05, 3.63) is 0 Å². The lowest BCUT2D eigenvalue weighted by Gasteiger charge is -2.31. The molecule has 2 aliphatic rings. The van der Waals surface area contributed by atoms with E-state index in [0.717, 1.165) is 31.6 Å². The summed E-state index contributed by atoms with van der Waals surface area (Å²) in [7, 11) is 4.22. The van der Waals surface area contributed by atoms with E-state index in [2.05, 4.69) is 23.9 Å². The van der Waals surface area contributed by atoms with Crippen LogP contribution in [0.4, 0.5) is 0 Å². The van der Waals surface area contributed by atoms with E-state index in [1.54, 1.807) is 0 Å². The van der Waals surface area contributed by atoms with E-state index in [-0.39, 0.29) is 12.2 Å². The number of hydrogen-bond donors (Lipinski definition) is 2. The molecule has 0 amide bonds. The van der Waals surface area contributed by atoms with Crippen molar-refractivity contribution in [2.24, 2.45) is 0 Å². The highest BCUT2D eigenvalue weighted by Crippen LogP contribution is 2.25. The Morgan fingerprint density at radius 3 is 1.82 bits per heavy atom. The normalized spacial score (nSPS) is 22.4. The fraction of sp³-hybridized carbons (Fsp3) is 1.00. The average molecular weight is 315 g/mol. The van der Waals surface area contributed by atoms with Crippen molar-refractivity contribution in [2.45, 2.75) is 89.5 Å². The first kappa shape index (κ1) is 19.9. The Bertz CT molecular complexity index is 276.